The third kappa shape index (κ3) is 3.71. The van der Waals surface area contributed by atoms with Crippen molar-refractivity contribution in [3.8, 4) is 0 Å². The molecule has 0 saturated carbocycles. The van der Waals surface area contributed by atoms with E-state index < -0.39 is 0 Å². The van der Waals surface area contributed by atoms with Crippen molar-refractivity contribution in [3.05, 3.63) is 28.2 Å². The summed E-state index contributed by atoms with van der Waals surface area (Å²) in [5, 5.41) is 16.5. The van der Waals surface area contributed by atoms with E-state index in [1.165, 1.54) is 0 Å². The summed E-state index contributed by atoms with van der Waals surface area (Å²) in [7, 11) is 0. The van der Waals surface area contributed by atoms with E-state index in [1.807, 2.05) is 25.1 Å². The maximum absolute atomic E-state index is 8.89. The van der Waals surface area contributed by atoms with Gasteiger partial charge >= 0.3 is 0 Å². The van der Waals surface area contributed by atoms with Crippen molar-refractivity contribution >= 4 is 27.5 Å². The lowest BCUT2D eigenvalue weighted by Crippen LogP contribution is -2.27. The van der Waals surface area contributed by atoms with Crippen molar-refractivity contribution in [3.63, 3.8) is 0 Å². The number of hydrogen-bond donors (Lipinski definition) is 3. The van der Waals surface area contributed by atoms with E-state index in [4.69, 9.17) is 16.2 Å². The molecule has 17 heavy (non-hydrogen) atoms. The van der Waals surface area contributed by atoms with Gasteiger partial charge in [-0.1, -0.05) is 15.9 Å². The van der Waals surface area contributed by atoms with Crippen LogP contribution in [0.25, 0.3) is 0 Å². The van der Waals surface area contributed by atoms with Gasteiger partial charge in [0, 0.05) is 35.4 Å². The Morgan fingerprint density at radius 1 is 1.53 bits per heavy atom. The predicted octanol–water partition coefficient (Wildman–Crippen LogP) is 1.94. The molecule has 1 rings (SSSR count). The average molecular weight is 300 g/mol. The Bertz CT molecular complexity index is 395. The lowest BCUT2D eigenvalue weighted by Gasteiger charge is -2.25. The molecule has 0 aliphatic heterocycles. The predicted molar refractivity (Wildman–Crippen MR) is 74.7 cm³/mol. The molecule has 1 aromatic rings. The third-order valence-electron chi connectivity index (χ3n) is 2.56. The molecule has 0 saturated heterocycles. The Morgan fingerprint density at radius 3 is 2.76 bits per heavy atom. The van der Waals surface area contributed by atoms with Crippen molar-refractivity contribution in [2.24, 2.45) is 5.73 Å². The van der Waals surface area contributed by atoms with E-state index in [9.17, 15) is 0 Å². The van der Waals surface area contributed by atoms with Crippen LogP contribution < -0.4 is 10.6 Å². The molecule has 0 unspecified atom stereocenters. The van der Waals surface area contributed by atoms with Crippen LogP contribution in [0.4, 0.5) is 5.69 Å². The highest BCUT2D eigenvalue weighted by Crippen LogP contribution is 2.25. The Hall–Kier alpha value is -1.07. The van der Waals surface area contributed by atoms with Crippen LogP contribution in [0.3, 0.4) is 0 Å². The molecule has 0 aliphatic carbocycles. The Morgan fingerprint density at radius 2 is 2.24 bits per heavy atom. The molecule has 94 valence electrons. The minimum atomic E-state index is 0.0648. The SMILES string of the molecule is CCN(CCCO)c1cc(Br)ccc1C(=N)N. The maximum atomic E-state index is 8.89. The van der Waals surface area contributed by atoms with Crippen molar-refractivity contribution in [2.75, 3.05) is 24.6 Å². The summed E-state index contributed by atoms with van der Waals surface area (Å²) < 4.78 is 0.958. The van der Waals surface area contributed by atoms with Crippen LogP contribution in [-0.2, 0) is 0 Å². The van der Waals surface area contributed by atoms with Gasteiger partial charge in [-0.05, 0) is 31.5 Å². The number of nitrogens with two attached hydrogens (primary N) is 1. The number of amidine groups is 1. The standard InChI is InChI=1S/C12H18BrN3O/c1-2-16(6-3-7-17)11-8-9(13)4-5-10(11)12(14)15/h4-5,8,17H,2-3,6-7H2,1H3,(H3,14,15). The molecule has 0 atom stereocenters. The highest BCUT2D eigenvalue weighted by Gasteiger charge is 2.12. The second-order valence-corrected chi connectivity index (χ2v) is 4.65. The van der Waals surface area contributed by atoms with E-state index >= 15 is 0 Å². The van der Waals surface area contributed by atoms with Gasteiger partial charge < -0.3 is 15.7 Å². The fourth-order valence-corrected chi connectivity index (χ4v) is 2.05. The highest BCUT2D eigenvalue weighted by molar-refractivity contribution is 9.10. The number of nitrogen functional groups attached to an aromatic ring is 1. The molecule has 5 heteroatoms. The van der Waals surface area contributed by atoms with Gasteiger partial charge in [0.25, 0.3) is 0 Å². The summed E-state index contributed by atoms with van der Waals surface area (Å²) in [6, 6.07) is 5.67. The number of halogens is 1. The quantitative estimate of drug-likeness (QED) is 0.555. The van der Waals surface area contributed by atoms with Gasteiger partial charge in [-0.15, -0.1) is 0 Å². The second-order valence-electron chi connectivity index (χ2n) is 3.73. The number of aliphatic hydroxyl groups excluding tert-OH is 1. The molecule has 1 aromatic carbocycles. The molecular weight excluding hydrogens is 282 g/mol. The maximum Gasteiger partial charge on any atom is 0.124 e. The van der Waals surface area contributed by atoms with Gasteiger partial charge in [0.1, 0.15) is 5.84 Å². The first kappa shape index (κ1) is 14.0. The van der Waals surface area contributed by atoms with Crippen molar-refractivity contribution < 1.29 is 5.11 Å². The van der Waals surface area contributed by atoms with Gasteiger partial charge in [-0.2, -0.15) is 0 Å². The van der Waals surface area contributed by atoms with E-state index in [0.29, 0.717) is 6.42 Å². The molecule has 0 heterocycles. The highest BCUT2D eigenvalue weighted by atomic mass is 79.9. The van der Waals surface area contributed by atoms with E-state index in [-0.39, 0.29) is 12.4 Å². The summed E-state index contributed by atoms with van der Waals surface area (Å²) in [6.45, 7) is 3.78. The number of nitrogens with one attached hydrogen (secondary N) is 1. The molecule has 0 radical (unpaired) electrons. The largest absolute Gasteiger partial charge is 0.396 e. The van der Waals surface area contributed by atoms with Gasteiger partial charge in [0.15, 0.2) is 0 Å². The minimum Gasteiger partial charge on any atom is -0.396 e. The molecule has 0 bridgehead atoms. The van der Waals surface area contributed by atoms with Crippen molar-refractivity contribution in [1.29, 1.82) is 5.41 Å². The number of rotatable bonds is 6. The van der Waals surface area contributed by atoms with E-state index in [1.54, 1.807) is 0 Å². The molecule has 0 spiro atoms. The summed E-state index contributed by atoms with van der Waals surface area (Å²) in [6.07, 6.45) is 0.706. The zero-order valence-corrected chi connectivity index (χ0v) is 11.5. The Kier molecular flexibility index (Phi) is 5.44. The summed E-state index contributed by atoms with van der Waals surface area (Å²) in [4.78, 5) is 2.11. The van der Waals surface area contributed by atoms with E-state index in [0.717, 1.165) is 28.8 Å². The first-order valence-electron chi connectivity index (χ1n) is 5.60. The fourth-order valence-electron chi connectivity index (χ4n) is 1.70. The summed E-state index contributed by atoms with van der Waals surface area (Å²) >= 11 is 3.42. The lowest BCUT2D eigenvalue weighted by atomic mass is 10.1. The van der Waals surface area contributed by atoms with Crippen LogP contribution in [0.2, 0.25) is 0 Å². The van der Waals surface area contributed by atoms with Crippen molar-refractivity contribution in [1.82, 2.24) is 0 Å². The van der Waals surface area contributed by atoms with Gasteiger partial charge in [-0.3, -0.25) is 5.41 Å². The lowest BCUT2D eigenvalue weighted by molar-refractivity contribution is 0.289. The van der Waals surface area contributed by atoms with Gasteiger partial charge in [0.2, 0.25) is 0 Å². The van der Waals surface area contributed by atoms with Gasteiger partial charge in [-0.25, -0.2) is 0 Å². The number of nitrogens with zero attached hydrogens (tertiary/aromatic N) is 1. The van der Waals surface area contributed by atoms with Crippen LogP contribution >= 0.6 is 15.9 Å². The summed E-state index contributed by atoms with van der Waals surface area (Å²) in [5.41, 5.74) is 7.24. The average Bonchev–Trinajstić information content (AvgIpc) is 2.29. The third-order valence-corrected chi connectivity index (χ3v) is 3.05. The zero-order valence-electron chi connectivity index (χ0n) is 9.91. The zero-order chi connectivity index (χ0) is 12.8. The van der Waals surface area contributed by atoms with Crippen LogP contribution in [0, 0.1) is 5.41 Å². The number of anilines is 1. The topological polar surface area (TPSA) is 73.3 Å². The normalized spacial score (nSPS) is 10.3. The van der Waals surface area contributed by atoms with Crippen LogP contribution in [0.5, 0.6) is 0 Å². The Labute approximate surface area is 110 Å². The Balaban J connectivity index is 3.06. The minimum absolute atomic E-state index is 0.0648. The smallest absolute Gasteiger partial charge is 0.124 e. The van der Waals surface area contributed by atoms with E-state index in [2.05, 4.69) is 20.8 Å². The number of hydrogen-bond acceptors (Lipinski definition) is 3. The van der Waals surface area contributed by atoms with Crippen LogP contribution in [-0.4, -0.2) is 30.6 Å². The monoisotopic (exact) mass is 299 g/mol. The van der Waals surface area contributed by atoms with Gasteiger partial charge in [0.05, 0.1) is 0 Å². The number of benzene rings is 1. The molecule has 4 N–H and O–H groups in total. The molecule has 0 aromatic heterocycles. The molecular formula is C12H18BrN3O. The molecule has 4 nitrogen and oxygen atoms in total. The first-order valence-corrected chi connectivity index (χ1v) is 6.39. The molecule has 0 amide bonds. The fraction of sp³-hybridized carbons (Fsp3) is 0.417. The van der Waals surface area contributed by atoms with Crippen LogP contribution in [0.15, 0.2) is 22.7 Å². The second kappa shape index (κ2) is 6.61. The molecule has 0 aliphatic rings. The van der Waals surface area contributed by atoms with Crippen LogP contribution in [0.1, 0.15) is 18.9 Å². The first-order chi connectivity index (χ1) is 8.10. The summed E-state index contributed by atoms with van der Waals surface area (Å²) in [5.74, 6) is 0.0648. The molecule has 0 fully saturated rings. The number of aliphatic hydroxyl groups is 1. The van der Waals surface area contributed by atoms with Crippen molar-refractivity contribution in [2.45, 2.75) is 13.3 Å².